The van der Waals surface area contributed by atoms with Gasteiger partial charge >= 0.3 is 0 Å². The van der Waals surface area contributed by atoms with Crippen LogP contribution in [0.4, 0.5) is 0 Å². The van der Waals surface area contributed by atoms with Gasteiger partial charge in [0, 0.05) is 19.5 Å². The quantitative estimate of drug-likeness (QED) is 0.549. The van der Waals surface area contributed by atoms with Crippen LogP contribution in [0.15, 0.2) is 29.2 Å². The zero-order valence-electron chi connectivity index (χ0n) is 10.9. The Morgan fingerprint density at radius 2 is 1.85 bits per heavy atom. The van der Waals surface area contributed by atoms with Crippen molar-refractivity contribution in [2.45, 2.75) is 23.8 Å². The molecule has 1 saturated heterocycles. The van der Waals surface area contributed by atoms with Crippen LogP contribution in [-0.4, -0.2) is 33.5 Å². The van der Waals surface area contributed by atoms with Crippen molar-refractivity contribution in [2.75, 3.05) is 13.1 Å². The Labute approximate surface area is 117 Å². The van der Waals surface area contributed by atoms with Crippen molar-refractivity contribution in [3.05, 3.63) is 29.8 Å². The van der Waals surface area contributed by atoms with E-state index in [1.165, 1.54) is 12.1 Å². The van der Waals surface area contributed by atoms with E-state index < -0.39 is 10.0 Å². The summed E-state index contributed by atoms with van der Waals surface area (Å²) in [4.78, 5) is 11.8. The van der Waals surface area contributed by atoms with Gasteiger partial charge in [0.1, 0.15) is 0 Å². The maximum Gasteiger partial charge on any atom is 0.238 e. The van der Waals surface area contributed by atoms with Crippen LogP contribution in [0, 0.1) is 0 Å². The first kappa shape index (κ1) is 14.9. The molecule has 0 unspecified atom stereocenters. The summed E-state index contributed by atoms with van der Waals surface area (Å²) in [5.41, 5.74) is 6.78. The number of primary sulfonamides is 1. The average Bonchev–Trinajstić information content (AvgIpc) is 2.88. The van der Waals surface area contributed by atoms with Gasteiger partial charge in [0.2, 0.25) is 15.9 Å². The fraction of sp³-hybridized carbons (Fsp3) is 0.417. The number of hydrogen-bond donors (Lipinski definition) is 4. The summed E-state index contributed by atoms with van der Waals surface area (Å²) in [7, 11) is -3.66. The second-order valence-corrected chi connectivity index (χ2v) is 6.28. The topological polar surface area (TPSA) is 113 Å². The third-order valence-corrected chi connectivity index (χ3v) is 4.01. The standard InChI is InChI=1S/C12H18N4O3S/c13-20(18,19)11-4-1-9(2-5-11)3-6-12(17)16-10-7-14-15-8-10/h1-2,4-5,10,14-15H,3,6-8H2,(H,16,17)(H2,13,18,19). The van der Waals surface area contributed by atoms with Crippen LogP contribution in [0.25, 0.3) is 0 Å². The molecule has 1 aliphatic heterocycles. The van der Waals surface area contributed by atoms with Crippen molar-refractivity contribution in [1.82, 2.24) is 16.2 Å². The number of nitrogens with one attached hydrogen (secondary N) is 3. The number of aryl methyl sites for hydroxylation is 1. The van der Waals surface area contributed by atoms with Gasteiger partial charge in [-0.05, 0) is 24.1 Å². The van der Waals surface area contributed by atoms with E-state index in [1.807, 2.05) is 0 Å². The van der Waals surface area contributed by atoms with E-state index in [-0.39, 0.29) is 16.8 Å². The summed E-state index contributed by atoms with van der Waals surface area (Å²) in [5, 5.41) is 7.92. The number of hydrogen-bond acceptors (Lipinski definition) is 5. The fourth-order valence-electron chi connectivity index (χ4n) is 1.97. The van der Waals surface area contributed by atoms with Crippen LogP contribution in [0.3, 0.4) is 0 Å². The van der Waals surface area contributed by atoms with Crippen molar-refractivity contribution >= 4 is 15.9 Å². The van der Waals surface area contributed by atoms with Crippen molar-refractivity contribution in [1.29, 1.82) is 0 Å². The third-order valence-electron chi connectivity index (χ3n) is 3.08. The summed E-state index contributed by atoms with van der Waals surface area (Å²) >= 11 is 0. The highest BCUT2D eigenvalue weighted by molar-refractivity contribution is 7.89. The maximum atomic E-state index is 11.7. The van der Waals surface area contributed by atoms with Gasteiger partial charge in [-0.15, -0.1) is 0 Å². The highest BCUT2D eigenvalue weighted by atomic mass is 32.2. The van der Waals surface area contributed by atoms with Crippen LogP contribution in [0.5, 0.6) is 0 Å². The number of amides is 1. The SMILES string of the molecule is NS(=O)(=O)c1ccc(CCC(=O)NC2CNNC2)cc1. The Kier molecular flexibility index (Phi) is 4.71. The van der Waals surface area contributed by atoms with E-state index in [2.05, 4.69) is 16.2 Å². The minimum absolute atomic E-state index is 0.0176. The average molecular weight is 298 g/mol. The lowest BCUT2D eigenvalue weighted by atomic mass is 10.1. The lowest BCUT2D eigenvalue weighted by molar-refractivity contribution is -0.121. The predicted molar refractivity (Wildman–Crippen MR) is 74.1 cm³/mol. The zero-order valence-corrected chi connectivity index (χ0v) is 11.7. The van der Waals surface area contributed by atoms with E-state index >= 15 is 0 Å². The van der Waals surface area contributed by atoms with E-state index in [0.717, 1.165) is 18.7 Å². The first-order valence-corrected chi connectivity index (χ1v) is 7.86. The van der Waals surface area contributed by atoms with E-state index in [9.17, 15) is 13.2 Å². The molecule has 1 aromatic carbocycles. The van der Waals surface area contributed by atoms with Crippen molar-refractivity contribution < 1.29 is 13.2 Å². The highest BCUT2D eigenvalue weighted by Crippen LogP contribution is 2.10. The molecule has 110 valence electrons. The van der Waals surface area contributed by atoms with Gasteiger partial charge in [-0.2, -0.15) is 0 Å². The molecule has 0 atom stereocenters. The summed E-state index contributed by atoms with van der Waals surface area (Å²) in [6.07, 6.45) is 0.926. The minimum Gasteiger partial charge on any atom is -0.351 e. The number of sulfonamides is 1. The predicted octanol–water partition coefficient (Wildman–Crippen LogP) is -1.14. The molecule has 1 aromatic rings. The molecule has 8 heteroatoms. The molecule has 0 bridgehead atoms. The Morgan fingerprint density at radius 3 is 2.40 bits per heavy atom. The molecule has 0 aliphatic carbocycles. The van der Waals surface area contributed by atoms with Crippen molar-refractivity contribution in [3.8, 4) is 0 Å². The monoisotopic (exact) mass is 298 g/mol. The van der Waals surface area contributed by atoms with Crippen LogP contribution in [0.2, 0.25) is 0 Å². The van der Waals surface area contributed by atoms with Crippen molar-refractivity contribution in [2.24, 2.45) is 5.14 Å². The van der Waals surface area contributed by atoms with Gasteiger partial charge in [0.05, 0.1) is 10.9 Å². The number of benzene rings is 1. The molecule has 2 rings (SSSR count). The third kappa shape index (κ3) is 4.27. The number of rotatable bonds is 5. The molecule has 1 heterocycles. The largest absolute Gasteiger partial charge is 0.351 e. The Bertz CT molecular complexity index is 565. The number of carbonyl (C=O) groups excluding carboxylic acids is 1. The van der Waals surface area contributed by atoms with Gasteiger partial charge in [-0.25, -0.2) is 13.6 Å². The smallest absolute Gasteiger partial charge is 0.238 e. The molecular formula is C12H18N4O3S. The Hall–Kier alpha value is -1.48. The van der Waals surface area contributed by atoms with Gasteiger partial charge in [0.15, 0.2) is 0 Å². The summed E-state index contributed by atoms with van der Waals surface area (Å²) in [6, 6.07) is 6.37. The molecule has 1 aliphatic rings. The molecule has 0 saturated carbocycles. The van der Waals surface area contributed by atoms with Crippen LogP contribution < -0.4 is 21.3 Å². The number of hydrazine groups is 1. The first-order valence-electron chi connectivity index (χ1n) is 6.32. The van der Waals surface area contributed by atoms with Gasteiger partial charge in [0.25, 0.3) is 0 Å². The summed E-state index contributed by atoms with van der Waals surface area (Å²) in [6.45, 7) is 1.43. The van der Waals surface area contributed by atoms with Gasteiger partial charge in [-0.3, -0.25) is 15.6 Å². The van der Waals surface area contributed by atoms with Gasteiger partial charge < -0.3 is 5.32 Å². The van der Waals surface area contributed by atoms with Crippen molar-refractivity contribution in [3.63, 3.8) is 0 Å². The molecule has 0 radical (unpaired) electrons. The van der Waals surface area contributed by atoms with E-state index in [1.54, 1.807) is 12.1 Å². The van der Waals surface area contributed by atoms with Crippen LogP contribution in [-0.2, 0) is 21.2 Å². The molecule has 20 heavy (non-hydrogen) atoms. The molecule has 0 aromatic heterocycles. The molecule has 1 fully saturated rings. The molecule has 5 N–H and O–H groups in total. The van der Waals surface area contributed by atoms with Crippen LogP contribution >= 0.6 is 0 Å². The Balaban J connectivity index is 1.83. The van der Waals surface area contributed by atoms with E-state index in [4.69, 9.17) is 5.14 Å². The molecule has 0 spiro atoms. The second-order valence-electron chi connectivity index (χ2n) is 4.72. The lowest BCUT2D eigenvalue weighted by Crippen LogP contribution is -2.38. The molecular weight excluding hydrogens is 280 g/mol. The minimum atomic E-state index is -3.66. The zero-order chi connectivity index (χ0) is 14.6. The first-order chi connectivity index (χ1) is 9.45. The number of carbonyl (C=O) groups is 1. The van der Waals surface area contributed by atoms with Crippen LogP contribution in [0.1, 0.15) is 12.0 Å². The summed E-state index contributed by atoms with van der Waals surface area (Å²) in [5.74, 6) is -0.0176. The lowest BCUT2D eigenvalue weighted by Gasteiger charge is -2.10. The number of nitrogens with two attached hydrogens (primary N) is 1. The molecule has 1 amide bonds. The highest BCUT2D eigenvalue weighted by Gasteiger charge is 2.16. The second kappa shape index (κ2) is 6.31. The molecule has 7 nitrogen and oxygen atoms in total. The fourth-order valence-corrected chi connectivity index (χ4v) is 2.48. The van der Waals surface area contributed by atoms with Gasteiger partial charge in [-0.1, -0.05) is 12.1 Å². The summed E-state index contributed by atoms with van der Waals surface area (Å²) < 4.78 is 22.2. The van der Waals surface area contributed by atoms with E-state index in [0.29, 0.717) is 12.8 Å². The Morgan fingerprint density at radius 1 is 1.25 bits per heavy atom. The normalized spacial score (nSPS) is 16.2. The maximum absolute atomic E-state index is 11.7.